The smallest absolute Gasteiger partial charge is 0.333 e. The zero-order chi connectivity index (χ0) is 28.4. The maximum absolute atomic E-state index is 14.0. The Kier molecular flexibility index (Phi) is 7.79. The van der Waals surface area contributed by atoms with E-state index in [1.807, 2.05) is 37.3 Å². The number of hydrogen-bond acceptors (Lipinski definition) is 4. The molecule has 1 N–H and O–H groups in total. The Balaban J connectivity index is 1.47. The predicted molar refractivity (Wildman–Crippen MR) is 144 cm³/mol. The van der Waals surface area contributed by atoms with Crippen molar-refractivity contribution in [2.75, 3.05) is 20.1 Å². The summed E-state index contributed by atoms with van der Waals surface area (Å²) < 4.78 is 27.0. The fourth-order valence-electron chi connectivity index (χ4n) is 5.43. The first-order valence-corrected chi connectivity index (χ1v) is 13.2. The van der Waals surface area contributed by atoms with Crippen LogP contribution in [0.1, 0.15) is 29.7 Å². The number of nitrogens with one attached hydrogen (secondary N) is 1. The van der Waals surface area contributed by atoms with E-state index in [1.165, 1.54) is 34.2 Å². The minimum absolute atomic E-state index is 0.0721. The van der Waals surface area contributed by atoms with Gasteiger partial charge < -0.3 is 15.1 Å². The van der Waals surface area contributed by atoms with Crippen molar-refractivity contribution in [3.8, 4) is 0 Å². The minimum atomic E-state index is -0.836. The molecule has 3 aromatic rings. The molecule has 3 atom stereocenters. The van der Waals surface area contributed by atoms with Crippen LogP contribution >= 0.6 is 0 Å². The second-order valence-corrected chi connectivity index (χ2v) is 10.2. The van der Waals surface area contributed by atoms with Gasteiger partial charge in [-0.15, -0.1) is 0 Å². The van der Waals surface area contributed by atoms with E-state index in [4.69, 9.17) is 0 Å². The molecule has 0 aliphatic carbocycles. The summed E-state index contributed by atoms with van der Waals surface area (Å²) in [7, 11) is 1.66. The van der Waals surface area contributed by atoms with Crippen LogP contribution in [0.5, 0.6) is 0 Å². The van der Waals surface area contributed by atoms with Crippen molar-refractivity contribution in [3.05, 3.63) is 107 Å². The number of halogens is 2. The van der Waals surface area contributed by atoms with E-state index in [1.54, 1.807) is 41.2 Å². The van der Waals surface area contributed by atoms with Gasteiger partial charge in [-0.05, 0) is 47.9 Å². The topological polar surface area (TPSA) is 76.2 Å². The van der Waals surface area contributed by atoms with Crippen LogP contribution in [0.4, 0.5) is 13.6 Å². The molecule has 40 heavy (non-hydrogen) atoms. The second-order valence-electron chi connectivity index (χ2n) is 10.2. The molecule has 0 aromatic heterocycles. The van der Waals surface area contributed by atoms with E-state index in [-0.39, 0.29) is 49.5 Å². The van der Waals surface area contributed by atoms with Crippen molar-refractivity contribution in [2.24, 2.45) is 0 Å². The predicted octanol–water partition coefficient (Wildman–Crippen LogP) is 3.71. The summed E-state index contributed by atoms with van der Waals surface area (Å²) in [6, 6.07) is 19.5. The number of hydrogen-bond donors (Lipinski definition) is 1. The van der Waals surface area contributed by atoms with Gasteiger partial charge in [0.15, 0.2) is 0 Å². The number of nitrogens with zero attached hydrogens (tertiary/aromatic N) is 4. The standard InChI is InChI=1S/C30H31F2N5O3/c1-20(23-10-14-25(32)15-11-23)35-18-27-36(26(29(35)39)16-21-6-4-3-5-7-21)28(38)19-34(2)37(27)30(40)33-17-22-8-12-24(31)13-9-22/h3-15,20,26-27H,16-19H2,1-2H3,(H,33,40)/t20?,26-,27-/m0/s1. The van der Waals surface area contributed by atoms with Crippen LogP contribution in [0.2, 0.25) is 0 Å². The number of fused-ring (bicyclic) bond motifs is 1. The number of likely N-dealkylation sites (N-methyl/N-ethyl adjacent to an activating group) is 1. The van der Waals surface area contributed by atoms with Gasteiger partial charge in [0, 0.05) is 20.0 Å². The zero-order valence-electron chi connectivity index (χ0n) is 22.3. The van der Waals surface area contributed by atoms with Crippen molar-refractivity contribution in [2.45, 2.75) is 38.1 Å². The monoisotopic (exact) mass is 547 g/mol. The Morgan fingerprint density at radius 1 is 0.925 bits per heavy atom. The van der Waals surface area contributed by atoms with Gasteiger partial charge in [-0.3, -0.25) is 9.59 Å². The third kappa shape index (κ3) is 5.53. The molecule has 2 fully saturated rings. The molecule has 0 radical (unpaired) electrons. The molecule has 3 aromatic carbocycles. The highest BCUT2D eigenvalue weighted by Crippen LogP contribution is 2.32. The normalized spacial score (nSPS) is 20.4. The van der Waals surface area contributed by atoms with E-state index in [9.17, 15) is 23.2 Å². The van der Waals surface area contributed by atoms with E-state index in [2.05, 4.69) is 5.32 Å². The quantitative estimate of drug-likeness (QED) is 0.511. The highest BCUT2D eigenvalue weighted by atomic mass is 19.1. The first-order valence-electron chi connectivity index (χ1n) is 13.2. The molecule has 4 amide bonds. The molecule has 0 saturated carbocycles. The number of piperazine rings is 1. The molecule has 2 saturated heterocycles. The highest BCUT2D eigenvalue weighted by Gasteiger charge is 2.51. The van der Waals surface area contributed by atoms with Crippen molar-refractivity contribution >= 4 is 17.8 Å². The van der Waals surface area contributed by atoms with Crippen LogP contribution in [0.3, 0.4) is 0 Å². The van der Waals surface area contributed by atoms with Crippen LogP contribution in [0.25, 0.3) is 0 Å². The van der Waals surface area contributed by atoms with Crippen LogP contribution in [-0.2, 0) is 22.6 Å². The summed E-state index contributed by atoms with van der Waals surface area (Å²) in [6.07, 6.45) is -0.489. The van der Waals surface area contributed by atoms with Crippen LogP contribution in [0, 0.1) is 11.6 Å². The Hall–Kier alpha value is -4.31. The first kappa shape index (κ1) is 27.3. The number of hydrazine groups is 1. The SMILES string of the molecule is CC(c1ccc(F)cc1)N1C[C@H]2N(C(=O)CN(C)N2C(=O)NCc2ccc(F)cc2)[C@@H](Cc2ccccc2)C1=O. The lowest BCUT2D eigenvalue weighted by Gasteiger charge is -2.55. The third-order valence-electron chi connectivity index (χ3n) is 7.54. The third-order valence-corrected chi connectivity index (χ3v) is 7.54. The molecule has 0 spiro atoms. The molecule has 208 valence electrons. The summed E-state index contributed by atoms with van der Waals surface area (Å²) in [4.78, 5) is 44.2. The second kappa shape index (κ2) is 11.4. The average molecular weight is 548 g/mol. The number of benzene rings is 3. The summed E-state index contributed by atoms with van der Waals surface area (Å²) in [5.41, 5.74) is 2.34. The lowest BCUT2D eigenvalue weighted by atomic mass is 9.96. The molecule has 5 rings (SSSR count). The van der Waals surface area contributed by atoms with Gasteiger partial charge >= 0.3 is 6.03 Å². The zero-order valence-corrected chi connectivity index (χ0v) is 22.3. The molecule has 1 unspecified atom stereocenters. The molecule has 8 nitrogen and oxygen atoms in total. The Morgan fingerprint density at radius 3 is 2.20 bits per heavy atom. The van der Waals surface area contributed by atoms with Gasteiger partial charge in [-0.1, -0.05) is 54.6 Å². The lowest BCUT2D eigenvalue weighted by Crippen LogP contribution is -2.76. The Morgan fingerprint density at radius 2 is 1.55 bits per heavy atom. The van der Waals surface area contributed by atoms with E-state index in [0.717, 1.165) is 16.7 Å². The Bertz CT molecular complexity index is 1370. The minimum Gasteiger partial charge on any atom is -0.333 e. The van der Waals surface area contributed by atoms with Crippen molar-refractivity contribution < 1.29 is 23.2 Å². The molecule has 2 heterocycles. The van der Waals surface area contributed by atoms with Gasteiger partial charge in [0.2, 0.25) is 11.8 Å². The maximum atomic E-state index is 14.0. The van der Waals surface area contributed by atoms with Crippen LogP contribution < -0.4 is 5.32 Å². The van der Waals surface area contributed by atoms with E-state index < -0.39 is 24.3 Å². The van der Waals surface area contributed by atoms with Crippen molar-refractivity contribution in [3.63, 3.8) is 0 Å². The largest absolute Gasteiger partial charge is 0.334 e. The van der Waals surface area contributed by atoms with Crippen LogP contribution in [0.15, 0.2) is 78.9 Å². The van der Waals surface area contributed by atoms with Gasteiger partial charge in [0.1, 0.15) is 23.8 Å². The van der Waals surface area contributed by atoms with Gasteiger partial charge in [-0.25, -0.2) is 23.6 Å². The molecule has 10 heteroatoms. The summed E-state index contributed by atoms with van der Waals surface area (Å²) in [5, 5.41) is 5.89. The average Bonchev–Trinajstić information content (AvgIpc) is 2.94. The summed E-state index contributed by atoms with van der Waals surface area (Å²) in [6.45, 7) is 2.01. The van der Waals surface area contributed by atoms with Crippen molar-refractivity contribution in [1.82, 2.24) is 25.1 Å². The van der Waals surface area contributed by atoms with Crippen LogP contribution in [-0.4, -0.2) is 70.0 Å². The maximum Gasteiger partial charge on any atom is 0.334 e. The van der Waals surface area contributed by atoms with Gasteiger partial charge in [0.05, 0.1) is 19.1 Å². The number of urea groups is 1. The van der Waals surface area contributed by atoms with Gasteiger partial charge in [0.25, 0.3) is 0 Å². The lowest BCUT2D eigenvalue weighted by molar-refractivity contribution is -0.189. The Labute approximate surface area is 231 Å². The molecular weight excluding hydrogens is 516 g/mol. The molecule has 2 aliphatic rings. The highest BCUT2D eigenvalue weighted by molar-refractivity contribution is 5.92. The first-order chi connectivity index (χ1) is 19.2. The van der Waals surface area contributed by atoms with E-state index >= 15 is 0 Å². The van der Waals surface area contributed by atoms with E-state index in [0.29, 0.717) is 0 Å². The number of carbonyl (C=O) groups excluding carboxylic acids is 3. The summed E-state index contributed by atoms with van der Waals surface area (Å²) >= 11 is 0. The molecule has 0 bridgehead atoms. The molecule has 2 aliphatic heterocycles. The van der Waals surface area contributed by atoms with Gasteiger partial charge in [-0.2, -0.15) is 0 Å². The molecular formula is C30H31F2N5O3. The fourth-order valence-corrected chi connectivity index (χ4v) is 5.43. The fraction of sp³-hybridized carbons (Fsp3) is 0.300. The number of rotatable bonds is 6. The number of amides is 4. The number of carbonyl (C=O) groups is 3. The van der Waals surface area contributed by atoms with Crippen molar-refractivity contribution in [1.29, 1.82) is 0 Å². The summed E-state index contributed by atoms with van der Waals surface area (Å²) in [5.74, 6) is -1.23.